The predicted molar refractivity (Wildman–Crippen MR) is 135 cm³/mol. The molecule has 0 aromatic rings. The van der Waals surface area contributed by atoms with E-state index < -0.39 is 0 Å². The van der Waals surface area contributed by atoms with Gasteiger partial charge in [-0.1, -0.05) is 89.9 Å². The number of esters is 2. The highest BCUT2D eigenvalue weighted by Crippen LogP contribution is 2.16. The number of carbonyl (C=O) groups is 2. The molecule has 0 bridgehead atoms. The van der Waals surface area contributed by atoms with Crippen LogP contribution in [0.1, 0.15) is 157 Å². The van der Waals surface area contributed by atoms with Gasteiger partial charge in [0.15, 0.2) is 0 Å². The highest BCUT2D eigenvalue weighted by atomic mass is 16.6. The van der Waals surface area contributed by atoms with Crippen LogP contribution in [0.3, 0.4) is 0 Å². The van der Waals surface area contributed by atoms with Crippen LogP contribution >= 0.6 is 0 Å². The van der Waals surface area contributed by atoms with Gasteiger partial charge in [-0.25, -0.2) is 0 Å². The van der Waals surface area contributed by atoms with Gasteiger partial charge in [-0.3, -0.25) is 9.59 Å². The summed E-state index contributed by atoms with van der Waals surface area (Å²) in [5.41, 5.74) is -0.719. The quantitative estimate of drug-likeness (QED) is 0.145. The molecule has 0 N–H and O–H groups in total. The van der Waals surface area contributed by atoms with Crippen LogP contribution in [0.15, 0.2) is 0 Å². The van der Waals surface area contributed by atoms with Crippen LogP contribution in [0.4, 0.5) is 0 Å². The van der Waals surface area contributed by atoms with Gasteiger partial charge in [-0.05, 0) is 54.4 Å². The molecule has 0 aliphatic heterocycles. The fourth-order valence-corrected chi connectivity index (χ4v) is 3.80. The molecule has 0 aromatic carbocycles. The van der Waals surface area contributed by atoms with Crippen molar-refractivity contribution in [2.24, 2.45) is 0 Å². The Balaban J connectivity index is 3.23. The van der Waals surface area contributed by atoms with Gasteiger partial charge in [0.2, 0.25) is 0 Å². The smallest absolute Gasteiger partial charge is 0.306 e. The Morgan fingerprint density at radius 3 is 0.781 bits per heavy atom. The molecular formula is C28H54O4. The Morgan fingerprint density at radius 2 is 0.594 bits per heavy atom. The molecule has 32 heavy (non-hydrogen) atoms. The number of unbranched alkanes of at least 4 members (excludes halogenated alkanes) is 15. The molecule has 0 heterocycles. The molecule has 0 aliphatic rings. The van der Waals surface area contributed by atoms with Crippen LogP contribution in [0.25, 0.3) is 0 Å². The third-order valence-corrected chi connectivity index (χ3v) is 5.35. The first-order valence-electron chi connectivity index (χ1n) is 13.4. The monoisotopic (exact) mass is 454 g/mol. The van der Waals surface area contributed by atoms with Crippen LogP contribution in [-0.4, -0.2) is 23.1 Å². The summed E-state index contributed by atoms with van der Waals surface area (Å²) < 4.78 is 10.7. The first-order chi connectivity index (χ1) is 15.0. The minimum atomic E-state index is -0.360. The molecule has 0 amide bonds. The number of hydrogen-bond donors (Lipinski definition) is 0. The summed E-state index contributed by atoms with van der Waals surface area (Å²) >= 11 is 0. The lowest BCUT2D eigenvalue weighted by Crippen LogP contribution is -2.23. The summed E-state index contributed by atoms with van der Waals surface area (Å²) in [6.45, 7) is 11.5. The Hall–Kier alpha value is -1.06. The van der Waals surface area contributed by atoms with Crippen LogP contribution in [0.2, 0.25) is 0 Å². The SMILES string of the molecule is CC(C)(C)OC(=O)CCCCCCCCCCCCCCCCCCC(=O)OC(C)(C)C. The van der Waals surface area contributed by atoms with Crippen molar-refractivity contribution in [3.05, 3.63) is 0 Å². The van der Waals surface area contributed by atoms with Gasteiger partial charge in [0.05, 0.1) is 0 Å². The average molecular weight is 455 g/mol. The van der Waals surface area contributed by atoms with E-state index in [0.717, 1.165) is 25.7 Å². The Labute approximate surface area is 199 Å². The van der Waals surface area contributed by atoms with Crippen LogP contribution in [0.5, 0.6) is 0 Å². The molecule has 0 spiro atoms. The van der Waals surface area contributed by atoms with Crippen molar-refractivity contribution >= 4 is 11.9 Å². The molecule has 0 rings (SSSR count). The lowest BCUT2D eigenvalue weighted by atomic mass is 10.0. The van der Waals surface area contributed by atoms with Gasteiger partial charge < -0.3 is 9.47 Å². The normalized spacial score (nSPS) is 12.1. The molecule has 0 fully saturated rings. The minimum Gasteiger partial charge on any atom is -0.460 e. The van der Waals surface area contributed by atoms with Crippen molar-refractivity contribution in [3.63, 3.8) is 0 Å². The maximum atomic E-state index is 11.6. The van der Waals surface area contributed by atoms with Crippen molar-refractivity contribution in [1.29, 1.82) is 0 Å². The molecule has 190 valence electrons. The zero-order valence-electron chi connectivity index (χ0n) is 22.4. The Bertz CT molecular complexity index is 427. The van der Waals surface area contributed by atoms with E-state index in [4.69, 9.17) is 9.47 Å². The molecule has 0 aliphatic carbocycles. The molecule has 4 nitrogen and oxygen atoms in total. The van der Waals surface area contributed by atoms with E-state index in [2.05, 4.69) is 0 Å². The van der Waals surface area contributed by atoms with Crippen LogP contribution in [0, 0.1) is 0 Å². The van der Waals surface area contributed by atoms with Crippen molar-refractivity contribution < 1.29 is 19.1 Å². The molecular weight excluding hydrogens is 400 g/mol. The van der Waals surface area contributed by atoms with E-state index in [1.165, 1.54) is 77.0 Å². The largest absolute Gasteiger partial charge is 0.460 e. The van der Waals surface area contributed by atoms with E-state index in [1.807, 2.05) is 41.5 Å². The standard InChI is InChI=1S/C28H54O4/c1-27(2,3)31-25(29)23-21-19-17-15-13-11-9-7-8-10-12-14-16-18-20-22-24-26(30)32-28(4,5)6/h7-24H2,1-6H3. The lowest BCUT2D eigenvalue weighted by Gasteiger charge is -2.19. The van der Waals surface area contributed by atoms with Gasteiger partial charge in [-0.2, -0.15) is 0 Å². The summed E-state index contributed by atoms with van der Waals surface area (Å²) in [7, 11) is 0. The van der Waals surface area contributed by atoms with Crippen LogP contribution < -0.4 is 0 Å². The molecule has 0 saturated carbocycles. The van der Waals surface area contributed by atoms with Gasteiger partial charge in [-0.15, -0.1) is 0 Å². The Morgan fingerprint density at radius 1 is 0.406 bits per heavy atom. The number of carbonyl (C=O) groups excluding carboxylic acids is 2. The molecule has 0 saturated heterocycles. The molecule has 0 atom stereocenters. The zero-order chi connectivity index (χ0) is 24.3. The van der Waals surface area contributed by atoms with E-state index in [-0.39, 0.29) is 23.1 Å². The second-order valence-electron chi connectivity index (χ2n) is 11.3. The summed E-state index contributed by atoms with van der Waals surface area (Å²) in [6, 6.07) is 0. The third-order valence-electron chi connectivity index (χ3n) is 5.35. The molecule has 0 aromatic heterocycles. The fourth-order valence-electron chi connectivity index (χ4n) is 3.80. The molecule has 0 radical (unpaired) electrons. The highest BCUT2D eigenvalue weighted by Gasteiger charge is 2.16. The van der Waals surface area contributed by atoms with Crippen molar-refractivity contribution in [2.75, 3.05) is 0 Å². The number of ether oxygens (including phenoxy) is 2. The summed E-state index contributed by atoms with van der Waals surface area (Å²) in [4.78, 5) is 23.3. The maximum absolute atomic E-state index is 11.6. The van der Waals surface area contributed by atoms with Gasteiger partial charge >= 0.3 is 11.9 Å². The van der Waals surface area contributed by atoms with Gasteiger partial charge in [0.1, 0.15) is 11.2 Å². The second-order valence-corrected chi connectivity index (χ2v) is 11.3. The number of hydrogen-bond acceptors (Lipinski definition) is 4. The van der Waals surface area contributed by atoms with Crippen molar-refractivity contribution in [1.82, 2.24) is 0 Å². The predicted octanol–water partition coefficient (Wildman–Crippen LogP) is 8.69. The molecule has 4 heteroatoms. The summed E-state index contributed by atoms with van der Waals surface area (Å²) in [5, 5.41) is 0. The fraction of sp³-hybridized carbons (Fsp3) is 0.929. The van der Waals surface area contributed by atoms with Crippen molar-refractivity contribution in [3.8, 4) is 0 Å². The zero-order valence-corrected chi connectivity index (χ0v) is 22.4. The average Bonchev–Trinajstić information content (AvgIpc) is 2.64. The van der Waals surface area contributed by atoms with E-state index in [1.54, 1.807) is 0 Å². The minimum absolute atomic E-state index is 0.0595. The molecule has 0 unspecified atom stereocenters. The summed E-state index contributed by atoms with van der Waals surface area (Å²) in [5.74, 6) is -0.119. The number of rotatable bonds is 19. The maximum Gasteiger partial charge on any atom is 0.306 e. The van der Waals surface area contributed by atoms with Crippen LogP contribution in [-0.2, 0) is 19.1 Å². The van der Waals surface area contributed by atoms with Gasteiger partial charge in [0.25, 0.3) is 0 Å². The third kappa shape index (κ3) is 25.2. The summed E-state index contributed by atoms with van der Waals surface area (Å²) in [6.07, 6.45) is 21.2. The highest BCUT2D eigenvalue weighted by molar-refractivity contribution is 5.70. The second kappa shape index (κ2) is 18.4. The van der Waals surface area contributed by atoms with Gasteiger partial charge in [0, 0.05) is 12.8 Å². The Kier molecular flexibility index (Phi) is 17.8. The van der Waals surface area contributed by atoms with E-state index >= 15 is 0 Å². The van der Waals surface area contributed by atoms with E-state index in [9.17, 15) is 9.59 Å². The van der Waals surface area contributed by atoms with Crippen molar-refractivity contribution in [2.45, 2.75) is 168 Å². The topological polar surface area (TPSA) is 52.6 Å². The van der Waals surface area contributed by atoms with E-state index in [0.29, 0.717) is 12.8 Å². The first-order valence-corrected chi connectivity index (χ1v) is 13.4. The lowest BCUT2D eigenvalue weighted by molar-refractivity contribution is -0.156. The first kappa shape index (κ1) is 30.9.